The molecule has 3 aromatic rings. The lowest BCUT2D eigenvalue weighted by Crippen LogP contribution is -2.05. The first-order chi connectivity index (χ1) is 15.5. The van der Waals surface area contributed by atoms with Gasteiger partial charge in [-0.05, 0) is 53.6 Å². The molecule has 160 valence electrons. The minimum atomic E-state index is -0.559. The van der Waals surface area contributed by atoms with Crippen molar-refractivity contribution in [2.45, 2.75) is 0 Å². The monoisotopic (exact) mass is 445 g/mol. The van der Waals surface area contributed by atoms with E-state index in [4.69, 9.17) is 25.8 Å². The van der Waals surface area contributed by atoms with Crippen LogP contribution in [0.2, 0.25) is 5.02 Å². The number of esters is 1. The Labute approximate surface area is 191 Å². The summed E-state index contributed by atoms with van der Waals surface area (Å²) in [6, 6.07) is 21.6. The van der Waals surface area contributed by atoms with Crippen molar-refractivity contribution in [3.05, 3.63) is 94.5 Å². The van der Waals surface area contributed by atoms with Gasteiger partial charge in [0.1, 0.15) is 5.75 Å². The molecule has 0 unspecified atom stereocenters. The van der Waals surface area contributed by atoms with Crippen LogP contribution in [0, 0.1) is 11.3 Å². The maximum atomic E-state index is 12.3. The van der Waals surface area contributed by atoms with Gasteiger partial charge in [0.25, 0.3) is 0 Å². The molecule has 0 bridgehead atoms. The van der Waals surface area contributed by atoms with Crippen LogP contribution in [0.5, 0.6) is 17.2 Å². The molecule has 0 radical (unpaired) electrons. The first-order valence-electron chi connectivity index (χ1n) is 9.62. The lowest BCUT2D eigenvalue weighted by Gasteiger charge is -2.09. The third kappa shape index (κ3) is 5.78. The van der Waals surface area contributed by atoms with Crippen LogP contribution in [0.15, 0.2) is 72.8 Å². The summed E-state index contributed by atoms with van der Waals surface area (Å²) in [4.78, 5) is 12.3. The summed E-state index contributed by atoms with van der Waals surface area (Å²) in [5.74, 6) is 0.728. The molecule has 32 heavy (non-hydrogen) atoms. The van der Waals surface area contributed by atoms with Gasteiger partial charge in [-0.2, -0.15) is 5.26 Å². The highest BCUT2D eigenvalue weighted by Gasteiger charge is 2.10. The predicted octanol–water partition coefficient (Wildman–Crippen LogP) is 6.04. The number of halogens is 1. The number of nitriles is 1. The minimum absolute atomic E-state index is 0.268. The molecule has 0 spiro atoms. The first-order valence-corrected chi connectivity index (χ1v) is 10.0. The molecule has 0 heterocycles. The minimum Gasteiger partial charge on any atom is -0.496 e. The number of carbonyl (C=O) groups is 1. The zero-order valence-electron chi connectivity index (χ0n) is 17.5. The van der Waals surface area contributed by atoms with E-state index in [9.17, 15) is 10.1 Å². The highest BCUT2D eigenvalue weighted by atomic mass is 35.5. The number of para-hydroxylation sites is 1. The van der Waals surface area contributed by atoms with Gasteiger partial charge in [-0.1, -0.05) is 48.0 Å². The number of nitrogens with zero attached hydrogens (tertiary/aromatic N) is 1. The van der Waals surface area contributed by atoms with Crippen molar-refractivity contribution in [3.8, 4) is 23.3 Å². The van der Waals surface area contributed by atoms with Crippen molar-refractivity contribution in [1.82, 2.24) is 0 Å². The van der Waals surface area contributed by atoms with E-state index in [0.717, 1.165) is 16.7 Å². The van der Waals surface area contributed by atoms with E-state index in [-0.39, 0.29) is 5.75 Å². The molecule has 0 N–H and O–H groups in total. The molecule has 0 aliphatic rings. The molecule has 5 nitrogen and oxygen atoms in total. The van der Waals surface area contributed by atoms with Gasteiger partial charge in [-0.3, -0.25) is 0 Å². The quantitative estimate of drug-likeness (QED) is 0.146. The van der Waals surface area contributed by atoms with E-state index in [1.165, 1.54) is 13.2 Å². The number of rotatable bonds is 7. The molecule has 0 amide bonds. The number of hydrogen-bond acceptors (Lipinski definition) is 5. The first kappa shape index (κ1) is 22.7. The molecule has 0 aliphatic carbocycles. The summed E-state index contributed by atoms with van der Waals surface area (Å²) < 4.78 is 16.1. The number of carbonyl (C=O) groups excluding carboxylic acids is 1. The van der Waals surface area contributed by atoms with Gasteiger partial charge in [-0.25, -0.2) is 4.79 Å². The molecule has 6 heteroatoms. The lowest BCUT2D eigenvalue weighted by molar-refractivity contribution is -0.129. The van der Waals surface area contributed by atoms with E-state index >= 15 is 0 Å². The Morgan fingerprint density at radius 1 is 0.938 bits per heavy atom. The molecule has 3 aromatic carbocycles. The highest BCUT2D eigenvalue weighted by molar-refractivity contribution is 6.30. The second-order valence-corrected chi connectivity index (χ2v) is 7.02. The fourth-order valence-corrected chi connectivity index (χ4v) is 3.06. The van der Waals surface area contributed by atoms with E-state index < -0.39 is 5.97 Å². The van der Waals surface area contributed by atoms with Crippen molar-refractivity contribution in [1.29, 1.82) is 5.26 Å². The molecule has 0 saturated heterocycles. The predicted molar refractivity (Wildman–Crippen MR) is 126 cm³/mol. The Hall–Kier alpha value is -4.01. The Kier molecular flexibility index (Phi) is 7.69. The second kappa shape index (κ2) is 10.9. The summed E-state index contributed by atoms with van der Waals surface area (Å²) in [6.07, 6.45) is 4.66. The number of benzene rings is 3. The summed E-state index contributed by atoms with van der Waals surface area (Å²) in [5, 5.41) is 10.1. The highest BCUT2D eigenvalue weighted by Crippen LogP contribution is 2.30. The SMILES string of the molecule is COc1ccccc1/C=C/C(=O)Oc1ccc(/C=C(\C#N)c2ccc(Cl)cc2)cc1OC. The summed E-state index contributed by atoms with van der Waals surface area (Å²) in [6.45, 7) is 0. The number of methoxy groups -OCH3 is 2. The van der Waals surface area contributed by atoms with Gasteiger partial charge in [0.05, 0.1) is 25.9 Å². The third-order valence-electron chi connectivity index (χ3n) is 4.52. The van der Waals surface area contributed by atoms with Crippen LogP contribution in [0.3, 0.4) is 0 Å². The standard InChI is InChI=1S/C26H20ClNO4/c1-30-23-6-4-3-5-20(23)10-14-26(29)32-24-13-7-18(16-25(24)31-2)15-21(17-28)19-8-11-22(27)12-9-19/h3-16H,1-2H3/b14-10+,21-15+. The van der Waals surface area contributed by atoms with Gasteiger partial charge in [-0.15, -0.1) is 0 Å². The van der Waals surface area contributed by atoms with Crippen molar-refractivity contribution < 1.29 is 19.0 Å². The van der Waals surface area contributed by atoms with E-state index in [0.29, 0.717) is 22.1 Å². The van der Waals surface area contributed by atoms with Crippen LogP contribution < -0.4 is 14.2 Å². The Morgan fingerprint density at radius 2 is 1.66 bits per heavy atom. The smallest absolute Gasteiger partial charge is 0.336 e. The van der Waals surface area contributed by atoms with Crippen molar-refractivity contribution >= 4 is 35.3 Å². The molecule has 3 rings (SSSR count). The average molecular weight is 446 g/mol. The summed E-state index contributed by atoms with van der Waals surface area (Å²) in [5.41, 5.74) is 2.68. The maximum Gasteiger partial charge on any atom is 0.336 e. The molecule has 0 atom stereocenters. The Morgan fingerprint density at radius 3 is 2.34 bits per heavy atom. The van der Waals surface area contributed by atoms with Gasteiger partial charge in [0, 0.05) is 16.7 Å². The topological polar surface area (TPSA) is 68.5 Å². The van der Waals surface area contributed by atoms with Crippen LogP contribution in [-0.2, 0) is 4.79 Å². The van der Waals surface area contributed by atoms with Gasteiger partial charge in [0.2, 0.25) is 0 Å². The Bertz CT molecular complexity index is 1210. The molecular weight excluding hydrogens is 426 g/mol. The largest absolute Gasteiger partial charge is 0.496 e. The summed E-state index contributed by atoms with van der Waals surface area (Å²) >= 11 is 5.92. The summed E-state index contributed by atoms with van der Waals surface area (Å²) in [7, 11) is 3.05. The van der Waals surface area contributed by atoms with E-state index in [2.05, 4.69) is 6.07 Å². The van der Waals surface area contributed by atoms with Gasteiger partial charge < -0.3 is 14.2 Å². The third-order valence-corrected chi connectivity index (χ3v) is 4.77. The zero-order chi connectivity index (χ0) is 22.9. The molecule has 0 saturated carbocycles. The van der Waals surface area contributed by atoms with Crippen molar-refractivity contribution in [2.75, 3.05) is 14.2 Å². The van der Waals surface area contributed by atoms with Crippen LogP contribution in [-0.4, -0.2) is 20.2 Å². The molecule has 0 aliphatic heterocycles. The van der Waals surface area contributed by atoms with Gasteiger partial charge in [0.15, 0.2) is 11.5 Å². The van der Waals surface area contributed by atoms with Crippen molar-refractivity contribution in [2.24, 2.45) is 0 Å². The normalized spacial score (nSPS) is 11.1. The van der Waals surface area contributed by atoms with E-state index in [1.807, 2.05) is 18.2 Å². The fraction of sp³-hybridized carbons (Fsp3) is 0.0769. The Balaban J connectivity index is 1.79. The van der Waals surface area contributed by atoms with Crippen LogP contribution in [0.4, 0.5) is 0 Å². The van der Waals surface area contributed by atoms with Crippen molar-refractivity contribution in [3.63, 3.8) is 0 Å². The number of allylic oxidation sites excluding steroid dienone is 1. The van der Waals surface area contributed by atoms with Crippen LogP contribution in [0.1, 0.15) is 16.7 Å². The molecule has 0 aromatic heterocycles. The van der Waals surface area contributed by atoms with Crippen LogP contribution >= 0.6 is 11.6 Å². The zero-order valence-corrected chi connectivity index (χ0v) is 18.3. The van der Waals surface area contributed by atoms with E-state index in [1.54, 1.807) is 67.8 Å². The molecular formula is C26H20ClNO4. The number of hydrogen-bond donors (Lipinski definition) is 0. The lowest BCUT2D eigenvalue weighted by atomic mass is 10.0. The second-order valence-electron chi connectivity index (χ2n) is 6.58. The van der Waals surface area contributed by atoms with Gasteiger partial charge >= 0.3 is 5.97 Å². The fourth-order valence-electron chi connectivity index (χ4n) is 2.94. The van der Waals surface area contributed by atoms with Crippen LogP contribution in [0.25, 0.3) is 17.7 Å². The average Bonchev–Trinajstić information content (AvgIpc) is 2.82. The number of ether oxygens (including phenoxy) is 3. The maximum absolute atomic E-state index is 12.3. The molecule has 0 fully saturated rings.